The maximum Gasteiger partial charge on any atom is 0.161 e. The number of carbonyl (C=O) groups is 1. The van der Waals surface area contributed by atoms with Gasteiger partial charge in [-0.3, -0.25) is 4.79 Å². The molecule has 1 fully saturated rings. The summed E-state index contributed by atoms with van der Waals surface area (Å²) >= 11 is 0. The molecular formula is C15H21FN2O. The molecule has 2 rings (SSSR count). The number of halogens is 1. The van der Waals surface area contributed by atoms with Crippen LogP contribution in [-0.4, -0.2) is 43.9 Å². The third kappa shape index (κ3) is 3.32. The maximum atomic E-state index is 14.0. The molecule has 0 aromatic heterocycles. The van der Waals surface area contributed by atoms with Crippen molar-refractivity contribution >= 4 is 11.5 Å². The molecule has 0 spiro atoms. The van der Waals surface area contributed by atoms with E-state index in [4.69, 9.17) is 0 Å². The molecule has 1 aromatic carbocycles. The second-order valence-corrected chi connectivity index (χ2v) is 5.16. The van der Waals surface area contributed by atoms with Crippen molar-refractivity contribution < 1.29 is 9.18 Å². The van der Waals surface area contributed by atoms with Crippen molar-refractivity contribution in [1.82, 2.24) is 4.90 Å². The van der Waals surface area contributed by atoms with Gasteiger partial charge in [0, 0.05) is 25.7 Å². The quantitative estimate of drug-likeness (QED) is 0.764. The average Bonchev–Trinajstić information content (AvgIpc) is 2.88. The van der Waals surface area contributed by atoms with Crippen molar-refractivity contribution in [1.29, 1.82) is 0 Å². The molecule has 0 unspecified atom stereocenters. The van der Waals surface area contributed by atoms with Gasteiger partial charge in [-0.25, -0.2) is 4.39 Å². The Balaban J connectivity index is 2.08. The topological polar surface area (TPSA) is 23.6 Å². The van der Waals surface area contributed by atoms with E-state index in [-0.39, 0.29) is 11.6 Å². The summed E-state index contributed by atoms with van der Waals surface area (Å²) in [4.78, 5) is 15.8. The predicted octanol–water partition coefficient (Wildman–Crippen LogP) is 2.56. The van der Waals surface area contributed by atoms with E-state index < -0.39 is 0 Å². The zero-order valence-electron chi connectivity index (χ0n) is 11.7. The van der Waals surface area contributed by atoms with Gasteiger partial charge in [-0.05, 0) is 45.0 Å². The van der Waals surface area contributed by atoms with Gasteiger partial charge in [0.15, 0.2) is 5.78 Å². The van der Waals surface area contributed by atoms with Crippen LogP contribution in [0.25, 0.3) is 0 Å². The molecule has 1 aliphatic rings. The van der Waals surface area contributed by atoms with Crippen molar-refractivity contribution in [3.8, 4) is 0 Å². The fourth-order valence-electron chi connectivity index (χ4n) is 2.60. The number of benzene rings is 1. The van der Waals surface area contributed by atoms with Crippen LogP contribution in [0, 0.1) is 5.82 Å². The Morgan fingerprint density at radius 1 is 1.37 bits per heavy atom. The highest BCUT2D eigenvalue weighted by Crippen LogP contribution is 2.24. The molecule has 0 saturated carbocycles. The Morgan fingerprint density at radius 3 is 2.68 bits per heavy atom. The van der Waals surface area contributed by atoms with Gasteiger partial charge in [0.25, 0.3) is 0 Å². The first-order valence-corrected chi connectivity index (χ1v) is 6.82. The standard InChI is InChI=1S/C15H21FN2O/c1-12(19)13-6-5-7-14(16)15(13)17(2)10-11-18-8-3-4-9-18/h5-7H,3-4,8-11H2,1-2H3. The first kappa shape index (κ1) is 14.0. The van der Waals surface area contributed by atoms with Crippen molar-refractivity contribution in [2.45, 2.75) is 19.8 Å². The van der Waals surface area contributed by atoms with Gasteiger partial charge in [-0.2, -0.15) is 0 Å². The third-order valence-electron chi connectivity index (χ3n) is 3.70. The predicted molar refractivity (Wildman–Crippen MR) is 75.3 cm³/mol. The number of Topliss-reactive ketones (excluding diaryl/α,β-unsaturated/α-hetero) is 1. The minimum atomic E-state index is -0.323. The third-order valence-corrected chi connectivity index (χ3v) is 3.70. The molecule has 104 valence electrons. The lowest BCUT2D eigenvalue weighted by Gasteiger charge is -2.25. The second kappa shape index (κ2) is 6.15. The summed E-state index contributed by atoms with van der Waals surface area (Å²) in [6, 6.07) is 4.69. The minimum absolute atomic E-state index is 0.0949. The van der Waals surface area contributed by atoms with E-state index in [1.807, 2.05) is 11.9 Å². The molecule has 19 heavy (non-hydrogen) atoms. The lowest BCUT2D eigenvalue weighted by atomic mass is 10.1. The van der Waals surface area contributed by atoms with Crippen LogP contribution in [0.15, 0.2) is 18.2 Å². The van der Waals surface area contributed by atoms with E-state index in [9.17, 15) is 9.18 Å². The van der Waals surface area contributed by atoms with Crippen molar-refractivity contribution in [2.24, 2.45) is 0 Å². The molecule has 3 nitrogen and oxygen atoms in total. The number of likely N-dealkylation sites (N-methyl/N-ethyl adjacent to an activating group) is 1. The molecule has 1 aromatic rings. The highest BCUT2D eigenvalue weighted by Gasteiger charge is 2.17. The number of anilines is 1. The largest absolute Gasteiger partial charge is 0.370 e. The number of likely N-dealkylation sites (tertiary alicyclic amines) is 1. The number of rotatable bonds is 5. The van der Waals surface area contributed by atoms with Gasteiger partial charge < -0.3 is 9.80 Å². The van der Waals surface area contributed by atoms with E-state index in [1.54, 1.807) is 12.1 Å². The SMILES string of the molecule is CC(=O)c1cccc(F)c1N(C)CCN1CCCC1. The van der Waals surface area contributed by atoms with Crippen LogP contribution < -0.4 is 4.90 Å². The van der Waals surface area contributed by atoms with Crippen LogP contribution in [0.2, 0.25) is 0 Å². The maximum absolute atomic E-state index is 14.0. The molecule has 0 radical (unpaired) electrons. The summed E-state index contributed by atoms with van der Waals surface area (Å²) in [5, 5.41) is 0. The fourth-order valence-corrected chi connectivity index (χ4v) is 2.60. The van der Waals surface area contributed by atoms with Gasteiger partial charge in [0.1, 0.15) is 5.82 Å². The molecule has 4 heteroatoms. The van der Waals surface area contributed by atoms with Gasteiger partial charge in [-0.15, -0.1) is 0 Å². The van der Waals surface area contributed by atoms with E-state index in [0.717, 1.165) is 26.2 Å². The van der Waals surface area contributed by atoms with Gasteiger partial charge in [0.05, 0.1) is 5.69 Å². The summed E-state index contributed by atoms with van der Waals surface area (Å²) in [6.07, 6.45) is 2.50. The van der Waals surface area contributed by atoms with Gasteiger partial charge in [-0.1, -0.05) is 6.07 Å². The van der Waals surface area contributed by atoms with E-state index in [1.165, 1.54) is 25.8 Å². The Kier molecular flexibility index (Phi) is 4.53. The van der Waals surface area contributed by atoms with Crippen LogP contribution in [0.5, 0.6) is 0 Å². The highest BCUT2D eigenvalue weighted by atomic mass is 19.1. The first-order valence-electron chi connectivity index (χ1n) is 6.82. The zero-order chi connectivity index (χ0) is 13.8. The van der Waals surface area contributed by atoms with E-state index in [0.29, 0.717) is 11.3 Å². The molecule has 1 saturated heterocycles. The highest BCUT2D eigenvalue weighted by molar-refractivity contribution is 5.99. The van der Waals surface area contributed by atoms with Crippen molar-refractivity contribution in [2.75, 3.05) is 38.1 Å². The van der Waals surface area contributed by atoms with E-state index >= 15 is 0 Å². The van der Waals surface area contributed by atoms with Crippen LogP contribution >= 0.6 is 0 Å². The van der Waals surface area contributed by atoms with E-state index in [2.05, 4.69) is 4.90 Å². The number of hydrogen-bond acceptors (Lipinski definition) is 3. The summed E-state index contributed by atoms with van der Waals surface area (Å²) in [5.74, 6) is -0.417. The lowest BCUT2D eigenvalue weighted by molar-refractivity contribution is 0.101. The summed E-state index contributed by atoms with van der Waals surface area (Å²) in [5.41, 5.74) is 0.887. The number of nitrogens with zero attached hydrogens (tertiary/aromatic N) is 2. The minimum Gasteiger partial charge on any atom is -0.370 e. The molecule has 1 aliphatic heterocycles. The molecular weight excluding hydrogens is 243 g/mol. The van der Waals surface area contributed by atoms with Gasteiger partial charge >= 0.3 is 0 Å². The molecule has 0 N–H and O–H groups in total. The Bertz CT molecular complexity index is 455. The molecule has 0 bridgehead atoms. The molecule has 0 amide bonds. The molecule has 0 atom stereocenters. The van der Waals surface area contributed by atoms with Crippen LogP contribution in [0.1, 0.15) is 30.1 Å². The Morgan fingerprint density at radius 2 is 2.05 bits per heavy atom. The lowest BCUT2D eigenvalue weighted by Crippen LogP contribution is -2.32. The smallest absolute Gasteiger partial charge is 0.161 e. The second-order valence-electron chi connectivity index (χ2n) is 5.16. The summed E-state index contributed by atoms with van der Waals surface area (Å²) < 4.78 is 14.0. The Hall–Kier alpha value is -1.42. The normalized spacial score (nSPS) is 15.7. The summed E-state index contributed by atoms with van der Waals surface area (Å²) in [7, 11) is 1.85. The fraction of sp³-hybridized carbons (Fsp3) is 0.533. The van der Waals surface area contributed by atoms with Crippen LogP contribution in [0.4, 0.5) is 10.1 Å². The van der Waals surface area contributed by atoms with Gasteiger partial charge in [0.2, 0.25) is 0 Å². The number of carbonyl (C=O) groups excluding carboxylic acids is 1. The first-order chi connectivity index (χ1) is 9.09. The molecule has 0 aliphatic carbocycles. The Labute approximate surface area is 114 Å². The molecule has 1 heterocycles. The number of hydrogen-bond donors (Lipinski definition) is 0. The average molecular weight is 264 g/mol. The van der Waals surface area contributed by atoms with Crippen LogP contribution in [0.3, 0.4) is 0 Å². The number of ketones is 1. The van der Waals surface area contributed by atoms with Crippen molar-refractivity contribution in [3.63, 3.8) is 0 Å². The van der Waals surface area contributed by atoms with Crippen LogP contribution in [-0.2, 0) is 0 Å². The monoisotopic (exact) mass is 264 g/mol. The zero-order valence-corrected chi connectivity index (χ0v) is 11.7. The summed E-state index contributed by atoms with van der Waals surface area (Å²) in [6.45, 7) is 5.39. The van der Waals surface area contributed by atoms with Crippen molar-refractivity contribution in [3.05, 3.63) is 29.6 Å². The number of para-hydroxylation sites is 1.